The summed E-state index contributed by atoms with van der Waals surface area (Å²) in [6.45, 7) is 9.10. The van der Waals surface area contributed by atoms with Crippen molar-refractivity contribution in [1.29, 1.82) is 0 Å². The maximum Gasteiger partial charge on any atom is 0.407 e. The number of piperazine rings is 1. The lowest BCUT2D eigenvalue weighted by Crippen LogP contribution is -2.58. The van der Waals surface area contributed by atoms with Crippen LogP contribution in [0.5, 0.6) is 0 Å². The first-order valence-electron chi connectivity index (χ1n) is 10.7. The Morgan fingerprint density at radius 3 is 2.53 bits per heavy atom. The third kappa shape index (κ3) is 3.39. The van der Waals surface area contributed by atoms with E-state index in [1.165, 1.54) is 4.90 Å². The van der Waals surface area contributed by atoms with Gasteiger partial charge in [-0.25, -0.2) is 24.3 Å². The standard InChI is InChI=1S/C23H25N7O2/c1-13-7-20(27-29-10-14(2)25-22(13)29)19-6-5-17-8-18(9-24-21(17)26-19)28-11-15(3)30(23(31)32)16(4)12-28/h5-10,15-16H,11-12H2,1-4H3,(H,31,32)/t15-,16+. The summed E-state index contributed by atoms with van der Waals surface area (Å²) >= 11 is 0. The van der Waals surface area contributed by atoms with Crippen molar-refractivity contribution in [1.82, 2.24) is 29.5 Å². The average molecular weight is 432 g/mol. The molecule has 9 nitrogen and oxygen atoms in total. The smallest absolute Gasteiger partial charge is 0.407 e. The molecule has 1 saturated heterocycles. The van der Waals surface area contributed by atoms with E-state index in [0.29, 0.717) is 18.7 Å². The molecule has 1 aliphatic rings. The number of hydrogen-bond donors (Lipinski definition) is 1. The van der Waals surface area contributed by atoms with Crippen LogP contribution < -0.4 is 4.90 Å². The van der Waals surface area contributed by atoms with Crippen LogP contribution in [0, 0.1) is 13.8 Å². The Kier molecular flexibility index (Phi) is 4.69. The van der Waals surface area contributed by atoms with E-state index in [0.717, 1.165) is 39.4 Å². The highest BCUT2D eigenvalue weighted by Gasteiger charge is 2.33. The van der Waals surface area contributed by atoms with Crippen LogP contribution in [0.3, 0.4) is 0 Å². The van der Waals surface area contributed by atoms with Crippen LogP contribution in [0.4, 0.5) is 10.5 Å². The zero-order valence-corrected chi connectivity index (χ0v) is 18.5. The molecule has 9 heteroatoms. The van der Waals surface area contributed by atoms with E-state index >= 15 is 0 Å². The Hall–Kier alpha value is -3.75. The highest BCUT2D eigenvalue weighted by atomic mass is 16.4. The molecule has 5 heterocycles. The van der Waals surface area contributed by atoms with E-state index in [1.54, 1.807) is 4.52 Å². The van der Waals surface area contributed by atoms with Crippen molar-refractivity contribution in [2.45, 2.75) is 39.8 Å². The first-order chi connectivity index (χ1) is 15.3. The van der Waals surface area contributed by atoms with Crippen LogP contribution in [0.15, 0.2) is 36.7 Å². The zero-order chi connectivity index (χ0) is 22.6. The van der Waals surface area contributed by atoms with Gasteiger partial charge in [0.25, 0.3) is 0 Å². The minimum atomic E-state index is -0.870. The highest BCUT2D eigenvalue weighted by molar-refractivity contribution is 5.81. The number of carboxylic acid groups (broad SMARTS) is 1. The second-order valence-electron chi connectivity index (χ2n) is 8.59. The van der Waals surface area contributed by atoms with Gasteiger partial charge in [0.1, 0.15) is 5.69 Å². The Bertz CT molecular complexity index is 1340. The molecule has 4 aromatic rings. The number of amides is 1. The number of aryl methyl sites for hydroxylation is 2. The third-order valence-corrected chi connectivity index (χ3v) is 6.02. The van der Waals surface area contributed by atoms with E-state index in [4.69, 9.17) is 4.98 Å². The van der Waals surface area contributed by atoms with Crippen molar-refractivity contribution in [3.63, 3.8) is 0 Å². The van der Waals surface area contributed by atoms with E-state index < -0.39 is 6.09 Å². The van der Waals surface area contributed by atoms with Gasteiger partial charge in [-0.05, 0) is 57.5 Å². The lowest BCUT2D eigenvalue weighted by molar-refractivity contribution is 0.0982. The molecular weight excluding hydrogens is 406 g/mol. The van der Waals surface area contributed by atoms with Crippen molar-refractivity contribution in [2.24, 2.45) is 0 Å². The second-order valence-corrected chi connectivity index (χ2v) is 8.59. The first-order valence-corrected chi connectivity index (χ1v) is 10.7. The molecule has 1 fully saturated rings. The molecular formula is C23H25N7O2. The molecule has 0 saturated carbocycles. The van der Waals surface area contributed by atoms with Gasteiger partial charge >= 0.3 is 6.09 Å². The molecule has 4 aromatic heterocycles. The monoisotopic (exact) mass is 431 g/mol. The quantitative estimate of drug-likeness (QED) is 0.518. The maximum atomic E-state index is 11.5. The van der Waals surface area contributed by atoms with Crippen molar-refractivity contribution < 1.29 is 9.90 Å². The molecule has 5 rings (SSSR count). The van der Waals surface area contributed by atoms with Crippen LogP contribution in [0.2, 0.25) is 0 Å². The molecule has 0 unspecified atom stereocenters. The molecule has 164 valence electrons. The Labute approximate surface area is 185 Å². The molecule has 1 N–H and O–H groups in total. The van der Waals surface area contributed by atoms with Gasteiger partial charge in [-0.15, -0.1) is 0 Å². The highest BCUT2D eigenvalue weighted by Crippen LogP contribution is 2.26. The fourth-order valence-corrected chi connectivity index (χ4v) is 4.60. The van der Waals surface area contributed by atoms with Crippen molar-refractivity contribution in [3.05, 3.63) is 47.9 Å². The van der Waals surface area contributed by atoms with Gasteiger partial charge in [0, 0.05) is 18.5 Å². The first kappa shape index (κ1) is 20.2. The van der Waals surface area contributed by atoms with Gasteiger partial charge in [-0.3, -0.25) is 4.90 Å². The van der Waals surface area contributed by atoms with Gasteiger partial charge in [-0.1, -0.05) is 0 Å². The van der Waals surface area contributed by atoms with Gasteiger partial charge in [0.05, 0.1) is 41.6 Å². The fourth-order valence-electron chi connectivity index (χ4n) is 4.60. The Morgan fingerprint density at radius 1 is 1.06 bits per heavy atom. The molecule has 1 amide bonds. The van der Waals surface area contributed by atoms with Crippen LogP contribution in [0.25, 0.3) is 28.1 Å². The van der Waals surface area contributed by atoms with Crippen LogP contribution in [0.1, 0.15) is 25.1 Å². The number of hydrogen-bond acceptors (Lipinski definition) is 6. The van der Waals surface area contributed by atoms with Crippen LogP contribution in [-0.2, 0) is 0 Å². The summed E-state index contributed by atoms with van der Waals surface area (Å²) in [5.41, 5.74) is 5.96. The minimum absolute atomic E-state index is 0.0940. The maximum absolute atomic E-state index is 11.5. The number of nitrogens with zero attached hydrogens (tertiary/aromatic N) is 7. The van der Waals surface area contributed by atoms with Crippen LogP contribution >= 0.6 is 0 Å². The second kappa shape index (κ2) is 7.44. The zero-order valence-electron chi connectivity index (χ0n) is 18.5. The molecule has 1 aliphatic heterocycles. The number of rotatable bonds is 2. The summed E-state index contributed by atoms with van der Waals surface area (Å²) in [6.07, 6.45) is 2.85. The molecule has 0 bridgehead atoms. The summed E-state index contributed by atoms with van der Waals surface area (Å²) in [7, 11) is 0. The number of aromatic nitrogens is 5. The summed E-state index contributed by atoms with van der Waals surface area (Å²) in [5, 5.41) is 15.1. The normalized spacial score (nSPS) is 19.1. The number of imidazole rings is 1. The van der Waals surface area contributed by atoms with Gasteiger partial charge in [0.15, 0.2) is 11.3 Å². The summed E-state index contributed by atoms with van der Waals surface area (Å²) in [4.78, 5) is 29.1. The van der Waals surface area contributed by atoms with E-state index in [1.807, 2.05) is 58.3 Å². The molecule has 0 aliphatic carbocycles. The summed E-state index contributed by atoms with van der Waals surface area (Å²) < 4.78 is 1.79. The predicted molar refractivity (Wildman–Crippen MR) is 122 cm³/mol. The van der Waals surface area contributed by atoms with Crippen LogP contribution in [-0.4, -0.2) is 65.8 Å². The van der Waals surface area contributed by atoms with E-state index in [9.17, 15) is 9.90 Å². The third-order valence-electron chi connectivity index (χ3n) is 6.02. The number of fused-ring (bicyclic) bond motifs is 2. The largest absolute Gasteiger partial charge is 0.465 e. The lowest BCUT2D eigenvalue weighted by Gasteiger charge is -2.43. The van der Waals surface area contributed by atoms with Gasteiger partial charge in [-0.2, -0.15) is 5.10 Å². The average Bonchev–Trinajstić information content (AvgIpc) is 3.13. The van der Waals surface area contributed by atoms with E-state index in [-0.39, 0.29) is 12.1 Å². The fraction of sp³-hybridized carbons (Fsp3) is 0.348. The number of carbonyl (C=O) groups is 1. The molecule has 0 aromatic carbocycles. The molecule has 32 heavy (non-hydrogen) atoms. The lowest BCUT2D eigenvalue weighted by atomic mass is 10.1. The van der Waals surface area contributed by atoms with Gasteiger partial charge in [0.2, 0.25) is 0 Å². The van der Waals surface area contributed by atoms with Crippen molar-refractivity contribution >= 4 is 28.5 Å². The van der Waals surface area contributed by atoms with Gasteiger partial charge < -0.3 is 10.0 Å². The van der Waals surface area contributed by atoms with Crippen molar-refractivity contribution in [3.8, 4) is 11.4 Å². The SMILES string of the molecule is Cc1cn2nc(-c3ccc4cc(N5C[C@@H](C)N(C(=O)O)[C@@H](C)C5)cnc4n3)cc(C)c2n1. The van der Waals surface area contributed by atoms with Crippen molar-refractivity contribution in [2.75, 3.05) is 18.0 Å². The van der Waals surface area contributed by atoms with E-state index in [2.05, 4.69) is 26.0 Å². The number of anilines is 1. The molecule has 0 radical (unpaired) electrons. The molecule has 0 spiro atoms. The summed E-state index contributed by atoms with van der Waals surface area (Å²) in [6, 6.07) is 7.84. The minimum Gasteiger partial charge on any atom is -0.465 e. The topological polar surface area (TPSA) is 99.8 Å². The number of pyridine rings is 2. The Morgan fingerprint density at radius 2 is 1.81 bits per heavy atom. The molecule has 2 atom stereocenters. The summed E-state index contributed by atoms with van der Waals surface area (Å²) in [5.74, 6) is 0. The Balaban J connectivity index is 1.46. The predicted octanol–water partition coefficient (Wildman–Crippen LogP) is 3.53.